The predicted molar refractivity (Wildman–Crippen MR) is 285 cm³/mol. The molecule has 0 radical (unpaired) electrons. The first kappa shape index (κ1) is 61.6. The summed E-state index contributed by atoms with van der Waals surface area (Å²) in [7, 11) is 5.94. The maximum Gasteiger partial charge on any atom is 0.356 e. The van der Waals surface area contributed by atoms with Crippen LogP contribution in [0.1, 0.15) is 101 Å². The van der Waals surface area contributed by atoms with E-state index in [0.717, 1.165) is 18.8 Å². The number of ether oxygens (including phenoxy) is 4. The van der Waals surface area contributed by atoms with Gasteiger partial charge in [0.25, 0.3) is 17.7 Å². The number of aromatic nitrogens is 5. The molecule has 1 atom stereocenters. The molecule has 76 heavy (non-hydrogen) atoms. The van der Waals surface area contributed by atoms with Crippen molar-refractivity contribution < 1.29 is 52.8 Å². The summed E-state index contributed by atoms with van der Waals surface area (Å²) in [4.78, 5) is 85.1. The molecule has 7 aromatic rings. The maximum atomic E-state index is 11.5. The molecule has 1 aliphatic rings. The molecule has 6 heterocycles. The van der Waals surface area contributed by atoms with Gasteiger partial charge < -0.3 is 45.7 Å². The minimum Gasteiger partial charge on any atom is -0.477 e. The molecular weight excluding hydrogens is 1020 g/mol. The molecule has 0 spiro atoms. The molecule has 398 valence electrons. The number of pyridine rings is 5. The molecule has 0 saturated carbocycles. The van der Waals surface area contributed by atoms with Gasteiger partial charge in [-0.1, -0.05) is 41.4 Å². The Balaban J connectivity index is 0.000000252. The molecule has 5 aromatic heterocycles. The number of rotatable bonds is 11. The molecule has 1 saturated heterocycles. The van der Waals surface area contributed by atoms with Crippen molar-refractivity contribution in [3.63, 3.8) is 0 Å². The first-order valence-electron chi connectivity index (χ1n) is 22.9. The Bertz CT molecular complexity index is 2880. The van der Waals surface area contributed by atoms with E-state index in [-0.39, 0.29) is 46.6 Å². The molecule has 8 rings (SSSR count). The average Bonchev–Trinajstić information content (AvgIpc) is 4.05. The van der Waals surface area contributed by atoms with Crippen LogP contribution in [-0.4, -0.2) is 107 Å². The highest BCUT2D eigenvalue weighted by Gasteiger charge is 2.10. The summed E-state index contributed by atoms with van der Waals surface area (Å²) in [5, 5.41) is 16.8. The van der Waals surface area contributed by atoms with Crippen LogP contribution in [0.25, 0.3) is 0 Å². The standard InChI is InChI=1S/C15H17N3O2.C15H14N2O3.C7H7ClN2O.C7H6ClNO2.C6H5NO2.C4H8O/c1-10(16)11-3-5-12(6-4-11)20-13-7-8-18-14(9-13)15(19)17-2;1-10(18)11-3-5-12(6-4-11)20-13-7-8-17-14(9-13)15(19)16-2;1-9-7(11)6-4-5(8)2-3-10-6;1-11-7(10)6-4-5(8)2-3-9-6;8-6(9)5-3-1-2-4-7-5;1-2-4-5-3-1/h3-10H,16H2,1-2H3,(H,17,19);3-9H,1-2H3,(H,16,19);2-4H,1H3,(H,9,11);2-4H,1H3;1-4H,(H,8,9);1-4H2. The van der Waals surface area contributed by atoms with E-state index in [2.05, 4.69) is 45.6 Å². The number of hydrogen-bond donors (Lipinski definition) is 5. The molecule has 1 fully saturated rings. The number of Topliss-reactive ketones (excluding diaryl/α,β-unsaturated/α-hetero) is 1. The van der Waals surface area contributed by atoms with E-state index in [1.54, 1.807) is 86.9 Å². The van der Waals surface area contributed by atoms with Crippen molar-refractivity contribution in [2.24, 2.45) is 5.73 Å². The van der Waals surface area contributed by atoms with Crippen LogP contribution < -0.4 is 31.2 Å². The van der Waals surface area contributed by atoms with E-state index in [1.165, 1.54) is 83.1 Å². The second-order valence-corrected chi connectivity index (χ2v) is 16.1. The third kappa shape index (κ3) is 23.0. The second-order valence-electron chi connectivity index (χ2n) is 15.2. The van der Waals surface area contributed by atoms with Gasteiger partial charge in [-0.15, -0.1) is 0 Å². The Kier molecular flexibility index (Phi) is 27.5. The summed E-state index contributed by atoms with van der Waals surface area (Å²) < 4.78 is 20.7. The fraction of sp³-hybridized carbons (Fsp3) is 0.204. The van der Waals surface area contributed by atoms with E-state index in [0.29, 0.717) is 50.0 Å². The Morgan fingerprint density at radius 3 is 1.34 bits per heavy atom. The number of amides is 3. The lowest BCUT2D eigenvalue weighted by atomic mass is 10.1. The van der Waals surface area contributed by atoms with Crippen LogP contribution in [-0.2, 0) is 9.47 Å². The van der Waals surface area contributed by atoms with E-state index < -0.39 is 11.9 Å². The number of carboxylic acids is 1. The lowest BCUT2D eigenvalue weighted by Crippen LogP contribution is -2.18. The molecule has 1 unspecified atom stereocenters. The molecule has 3 amide bonds. The van der Waals surface area contributed by atoms with Crippen molar-refractivity contribution in [2.45, 2.75) is 32.7 Å². The number of methoxy groups -OCH3 is 1. The van der Waals surface area contributed by atoms with Crippen LogP contribution >= 0.6 is 23.2 Å². The van der Waals surface area contributed by atoms with Crippen molar-refractivity contribution in [3.05, 3.63) is 196 Å². The number of carbonyl (C=O) groups excluding carboxylic acids is 5. The highest BCUT2D eigenvalue weighted by Crippen LogP contribution is 2.24. The number of nitrogens with two attached hydrogens (primary N) is 1. The number of ketones is 1. The van der Waals surface area contributed by atoms with Gasteiger partial charge in [0.05, 0.1) is 7.11 Å². The fourth-order valence-corrected chi connectivity index (χ4v) is 5.92. The van der Waals surface area contributed by atoms with Gasteiger partial charge in [-0.25, -0.2) is 19.6 Å². The number of hydrogen-bond acceptors (Lipinski definition) is 16. The minimum atomic E-state index is -0.990. The summed E-state index contributed by atoms with van der Waals surface area (Å²) in [5.41, 5.74) is 8.69. The van der Waals surface area contributed by atoms with E-state index in [4.69, 9.17) is 48.3 Å². The van der Waals surface area contributed by atoms with Crippen molar-refractivity contribution in [2.75, 3.05) is 41.5 Å². The second kappa shape index (κ2) is 33.9. The molecular formula is C54H57Cl2N9O11. The van der Waals surface area contributed by atoms with Crippen molar-refractivity contribution >= 4 is 58.6 Å². The normalized spacial score (nSPS) is 11.0. The molecule has 1 aliphatic heterocycles. The molecule has 2 aromatic carbocycles. The fourth-order valence-electron chi connectivity index (χ4n) is 5.60. The Hall–Kier alpha value is -8.69. The van der Waals surface area contributed by atoms with E-state index >= 15 is 0 Å². The first-order chi connectivity index (χ1) is 36.5. The van der Waals surface area contributed by atoms with Crippen LogP contribution in [0.5, 0.6) is 23.0 Å². The van der Waals surface area contributed by atoms with Gasteiger partial charge in [0.1, 0.15) is 51.5 Å². The number of nitrogens with zero attached hydrogens (tertiary/aromatic N) is 5. The van der Waals surface area contributed by atoms with Gasteiger partial charge in [-0.05, 0) is 117 Å². The zero-order valence-electron chi connectivity index (χ0n) is 42.4. The summed E-state index contributed by atoms with van der Waals surface area (Å²) in [6, 6.07) is 31.8. The smallest absolute Gasteiger partial charge is 0.356 e. The summed E-state index contributed by atoms with van der Waals surface area (Å²) >= 11 is 11.2. The number of halogens is 2. The van der Waals surface area contributed by atoms with Gasteiger partial charge in [0.15, 0.2) is 5.78 Å². The van der Waals surface area contributed by atoms with Crippen molar-refractivity contribution in [1.82, 2.24) is 40.9 Å². The third-order valence-corrected chi connectivity index (χ3v) is 10.0. The quantitative estimate of drug-likeness (QED) is 0.0597. The number of aromatic carboxylic acids is 1. The molecule has 0 bridgehead atoms. The average molecular weight is 1080 g/mol. The van der Waals surface area contributed by atoms with Crippen LogP contribution in [0.4, 0.5) is 0 Å². The molecule has 22 heteroatoms. The Labute approximate surface area is 449 Å². The molecule has 6 N–H and O–H groups in total. The van der Waals surface area contributed by atoms with E-state index in [1.807, 2.05) is 31.2 Å². The zero-order valence-corrected chi connectivity index (χ0v) is 43.9. The van der Waals surface area contributed by atoms with E-state index in [9.17, 15) is 28.8 Å². The number of benzene rings is 2. The van der Waals surface area contributed by atoms with Crippen molar-refractivity contribution in [1.29, 1.82) is 0 Å². The number of nitrogens with one attached hydrogen (secondary N) is 3. The highest BCUT2D eigenvalue weighted by atomic mass is 35.5. The highest BCUT2D eigenvalue weighted by molar-refractivity contribution is 6.31. The topological polar surface area (TPSA) is 286 Å². The molecule has 20 nitrogen and oxygen atoms in total. The van der Waals surface area contributed by atoms with Gasteiger partial charge in [0.2, 0.25) is 0 Å². The Morgan fingerprint density at radius 2 is 0.987 bits per heavy atom. The number of esters is 1. The number of carbonyl (C=O) groups is 6. The van der Waals surface area contributed by atoms with Crippen LogP contribution in [0.15, 0.2) is 146 Å². The van der Waals surface area contributed by atoms with Gasteiger partial charge in [0, 0.05) is 99.1 Å². The van der Waals surface area contributed by atoms with Crippen molar-refractivity contribution in [3.8, 4) is 23.0 Å². The van der Waals surface area contributed by atoms with Crippen LogP contribution in [0, 0.1) is 0 Å². The lowest BCUT2D eigenvalue weighted by Gasteiger charge is -2.09. The first-order valence-corrected chi connectivity index (χ1v) is 23.7. The minimum absolute atomic E-state index is 0.00219. The van der Waals surface area contributed by atoms with Crippen LogP contribution in [0.3, 0.4) is 0 Å². The monoisotopic (exact) mass is 1080 g/mol. The van der Waals surface area contributed by atoms with Gasteiger partial charge in [-0.2, -0.15) is 0 Å². The molecule has 0 aliphatic carbocycles. The summed E-state index contributed by atoms with van der Waals surface area (Å²) in [5.74, 6) is 0.122. The zero-order chi connectivity index (χ0) is 55.8. The predicted octanol–water partition coefficient (Wildman–Crippen LogP) is 8.88. The lowest BCUT2D eigenvalue weighted by molar-refractivity contribution is 0.0592. The third-order valence-electron chi connectivity index (χ3n) is 9.53. The van der Waals surface area contributed by atoms with Crippen LogP contribution in [0.2, 0.25) is 10.0 Å². The Morgan fingerprint density at radius 1 is 0.566 bits per heavy atom. The number of carboxylic acid groups (broad SMARTS) is 1. The summed E-state index contributed by atoms with van der Waals surface area (Å²) in [6.45, 7) is 5.43. The largest absolute Gasteiger partial charge is 0.477 e. The summed E-state index contributed by atoms with van der Waals surface area (Å²) in [6.07, 6.45) is 9.99. The van der Waals surface area contributed by atoms with Gasteiger partial charge in [-0.3, -0.25) is 34.1 Å². The SMILES string of the molecule is C1CCOC1.CNC(=O)c1cc(Cl)ccn1.CNC(=O)c1cc(Oc2ccc(C(C)=O)cc2)ccn1.CNC(=O)c1cc(Oc2ccc(C(C)N)cc2)ccn1.COC(=O)c1cc(Cl)ccn1.O=C(O)c1ccccn1. The van der Waals surface area contributed by atoms with Gasteiger partial charge >= 0.3 is 11.9 Å². The maximum absolute atomic E-state index is 11.5.